The predicted molar refractivity (Wildman–Crippen MR) is 113 cm³/mol. The highest BCUT2D eigenvalue weighted by atomic mass is 32.2. The molecule has 0 saturated carbocycles. The molecule has 1 atom stereocenters. The minimum Gasteiger partial charge on any atom is -0.335 e. The number of nitrogens with zero attached hydrogens (tertiary/aromatic N) is 2. The highest BCUT2D eigenvalue weighted by molar-refractivity contribution is 7.89. The Morgan fingerprint density at radius 1 is 1.03 bits per heavy atom. The van der Waals surface area contributed by atoms with Crippen LogP contribution < -0.4 is 0 Å². The third-order valence-electron chi connectivity index (χ3n) is 5.00. The Kier molecular flexibility index (Phi) is 7.86. The van der Waals surface area contributed by atoms with Gasteiger partial charge in [0.15, 0.2) is 11.6 Å². The second-order valence-electron chi connectivity index (χ2n) is 6.79. The Balaban J connectivity index is 2.11. The lowest BCUT2D eigenvalue weighted by Crippen LogP contribution is -2.30. The van der Waals surface area contributed by atoms with Gasteiger partial charge in [0.05, 0.1) is 10.9 Å². The van der Waals surface area contributed by atoms with E-state index in [9.17, 15) is 22.0 Å². The number of rotatable bonds is 8. The average Bonchev–Trinajstić information content (AvgIpc) is 2.73. The smallest absolute Gasteiger partial charge is 0.246 e. The first kappa shape index (κ1) is 23.7. The summed E-state index contributed by atoms with van der Waals surface area (Å²) in [5.74, 6) is -2.23. The first-order chi connectivity index (χ1) is 14.1. The summed E-state index contributed by atoms with van der Waals surface area (Å²) in [5.41, 5.74) is 1.14. The molecular formula is C22H26F2N2O3S. The summed E-state index contributed by atoms with van der Waals surface area (Å²) in [6.45, 7) is 6.05. The van der Waals surface area contributed by atoms with Crippen molar-refractivity contribution in [3.8, 4) is 0 Å². The van der Waals surface area contributed by atoms with E-state index in [-0.39, 0.29) is 10.8 Å². The highest BCUT2D eigenvalue weighted by Gasteiger charge is 2.21. The first-order valence-corrected chi connectivity index (χ1v) is 11.1. The molecular weight excluding hydrogens is 410 g/mol. The van der Waals surface area contributed by atoms with Gasteiger partial charge in [-0.3, -0.25) is 4.79 Å². The summed E-state index contributed by atoms with van der Waals surface area (Å²) in [5, 5.41) is 0. The second-order valence-corrected chi connectivity index (χ2v) is 8.73. The molecule has 162 valence electrons. The fourth-order valence-electron chi connectivity index (χ4n) is 2.94. The quantitative estimate of drug-likeness (QED) is 0.582. The highest BCUT2D eigenvalue weighted by Crippen LogP contribution is 2.22. The Bertz CT molecular complexity index is 1020. The molecule has 5 nitrogen and oxygen atoms in total. The van der Waals surface area contributed by atoms with Gasteiger partial charge in [-0.15, -0.1) is 0 Å². The molecule has 2 aromatic rings. The third-order valence-corrected chi connectivity index (χ3v) is 7.06. The third kappa shape index (κ3) is 5.31. The van der Waals surface area contributed by atoms with Crippen molar-refractivity contribution < 1.29 is 22.0 Å². The van der Waals surface area contributed by atoms with Gasteiger partial charge in [-0.05, 0) is 48.4 Å². The van der Waals surface area contributed by atoms with Crippen LogP contribution in [-0.4, -0.2) is 43.7 Å². The molecule has 0 radical (unpaired) electrons. The minimum absolute atomic E-state index is 0.193. The van der Waals surface area contributed by atoms with Gasteiger partial charge in [0.1, 0.15) is 0 Å². The summed E-state index contributed by atoms with van der Waals surface area (Å²) in [6.07, 6.45) is 2.93. The van der Waals surface area contributed by atoms with Gasteiger partial charge < -0.3 is 4.90 Å². The Hall–Kier alpha value is -2.58. The average molecular weight is 437 g/mol. The van der Waals surface area contributed by atoms with Crippen molar-refractivity contribution in [2.45, 2.75) is 31.7 Å². The largest absolute Gasteiger partial charge is 0.335 e. The molecule has 0 heterocycles. The van der Waals surface area contributed by atoms with Crippen LogP contribution in [0.5, 0.6) is 0 Å². The molecule has 0 aromatic heterocycles. The fourth-order valence-corrected chi connectivity index (χ4v) is 4.39. The molecule has 0 aliphatic carbocycles. The number of benzene rings is 2. The van der Waals surface area contributed by atoms with Crippen LogP contribution in [0.3, 0.4) is 0 Å². The molecule has 0 saturated heterocycles. The Labute approximate surface area is 176 Å². The van der Waals surface area contributed by atoms with E-state index in [0.717, 1.165) is 12.1 Å². The van der Waals surface area contributed by atoms with E-state index in [4.69, 9.17) is 0 Å². The number of halogens is 2. The van der Waals surface area contributed by atoms with E-state index in [0.29, 0.717) is 24.2 Å². The van der Waals surface area contributed by atoms with Crippen LogP contribution in [0.2, 0.25) is 0 Å². The van der Waals surface area contributed by atoms with E-state index in [1.165, 1.54) is 33.5 Å². The van der Waals surface area contributed by atoms with Crippen molar-refractivity contribution in [1.29, 1.82) is 0 Å². The van der Waals surface area contributed by atoms with Gasteiger partial charge in [0, 0.05) is 26.2 Å². The van der Waals surface area contributed by atoms with Crippen LogP contribution in [0, 0.1) is 11.6 Å². The van der Waals surface area contributed by atoms with E-state index in [2.05, 4.69) is 0 Å². The lowest BCUT2D eigenvalue weighted by Gasteiger charge is -2.24. The monoisotopic (exact) mass is 436 g/mol. The lowest BCUT2D eigenvalue weighted by molar-refractivity contribution is -0.126. The summed E-state index contributed by atoms with van der Waals surface area (Å²) in [7, 11) is -1.97. The van der Waals surface area contributed by atoms with Crippen molar-refractivity contribution in [2.24, 2.45) is 0 Å². The minimum atomic E-state index is -3.53. The molecule has 0 spiro atoms. The SMILES string of the molecule is CCN(CC)S(=O)(=O)c1ccc(/C=C/C(=O)N(C)C(C)c2ccc(F)c(F)c2)cc1. The van der Waals surface area contributed by atoms with Gasteiger partial charge >= 0.3 is 0 Å². The maximum atomic E-state index is 13.4. The topological polar surface area (TPSA) is 57.7 Å². The summed E-state index contributed by atoms with van der Waals surface area (Å²) < 4.78 is 53.0. The van der Waals surface area contributed by atoms with Crippen molar-refractivity contribution in [2.75, 3.05) is 20.1 Å². The molecule has 0 bridgehead atoms. The van der Waals surface area contributed by atoms with E-state index in [1.807, 2.05) is 0 Å². The normalized spacial score (nSPS) is 13.0. The van der Waals surface area contributed by atoms with Crippen LogP contribution >= 0.6 is 0 Å². The van der Waals surface area contributed by atoms with Crippen molar-refractivity contribution >= 4 is 22.0 Å². The fraction of sp³-hybridized carbons (Fsp3) is 0.318. The molecule has 30 heavy (non-hydrogen) atoms. The summed E-state index contributed by atoms with van der Waals surface area (Å²) in [4.78, 5) is 14.0. The molecule has 1 amide bonds. The van der Waals surface area contributed by atoms with Crippen LogP contribution in [0.1, 0.15) is 37.9 Å². The molecule has 1 unspecified atom stereocenters. The maximum absolute atomic E-state index is 13.4. The molecule has 0 fully saturated rings. The predicted octanol–water partition coefficient (Wildman–Crippen LogP) is 4.23. The number of amides is 1. The zero-order valence-electron chi connectivity index (χ0n) is 17.5. The van der Waals surface area contributed by atoms with Crippen molar-refractivity contribution in [1.82, 2.24) is 9.21 Å². The van der Waals surface area contributed by atoms with Crippen LogP contribution in [0.25, 0.3) is 6.08 Å². The zero-order chi connectivity index (χ0) is 22.5. The van der Waals surface area contributed by atoms with Crippen molar-refractivity contribution in [3.05, 3.63) is 71.3 Å². The zero-order valence-corrected chi connectivity index (χ0v) is 18.3. The first-order valence-electron chi connectivity index (χ1n) is 9.61. The van der Waals surface area contributed by atoms with Crippen LogP contribution in [-0.2, 0) is 14.8 Å². The standard InChI is InChI=1S/C22H26F2N2O3S/c1-5-26(6-2)30(28,29)19-11-7-17(8-12-19)9-14-22(27)25(4)16(3)18-10-13-20(23)21(24)15-18/h7-16H,5-6H2,1-4H3/b14-9+. The van der Waals surface area contributed by atoms with E-state index >= 15 is 0 Å². The summed E-state index contributed by atoms with van der Waals surface area (Å²) >= 11 is 0. The maximum Gasteiger partial charge on any atom is 0.246 e. The molecule has 2 aromatic carbocycles. The number of carbonyl (C=O) groups excluding carboxylic acids is 1. The van der Waals surface area contributed by atoms with Gasteiger partial charge in [0.25, 0.3) is 0 Å². The number of hydrogen-bond donors (Lipinski definition) is 0. The van der Waals surface area contributed by atoms with Gasteiger partial charge in [0.2, 0.25) is 15.9 Å². The van der Waals surface area contributed by atoms with Gasteiger partial charge in [-0.1, -0.05) is 32.0 Å². The molecule has 0 aliphatic heterocycles. The number of carbonyl (C=O) groups is 1. The lowest BCUT2D eigenvalue weighted by atomic mass is 10.1. The molecule has 8 heteroatoms. The van der Waals surface area contributed by atoms with Gasteiger partial charge in [-0.25, -0.2) is 17.2 Å². The molecule has 0 aliphatic rings. The number of sulfonamides is 1. The van der Waals surface area contributed by atoms with E-state index in [1.54, 1.807) is 46.0 Å². The second kappa shape index (κ2) is 9.95. The van der Waals surface area contributed by atoms with Crippen molar-refractivity contribution in [3.63, 3.8) is 0 Å². The number of hydrogen-bond acceptors (Lipinski definition) is 3. The Morgan fingerprint density at radius 2 is 1.63 bits per heavy atom. The molecule has 2 rings (SSSR count). The van der Waals surface area contributed by atoms with Crippen LogP contribution in [0.4, 0.5) is 8.78 Å². The molecule has 0 N–H and O–H groups in total. The summed E-state index contributed by atoms with van der Waals surface area (Å²) in [6, 6.07) is 9.34. The van der Waals surface area contributed by atoms with E-state index < -0.39 is 27.7 Å². The Morgan fingerprint density at radius 3 is 2.17 bits per heavy atom. The van der Waals surface area contributed by atoms with Crippen LogP contribution in [0.15, 0.2) is 53.4 Å². The van der Waals surface area contributed by atoms with Gasteiger partial charge in [-0.2, -0.15) is 4.31 Å². The number of likely N-dealkylation sites (N-methyl/N-ethyl adjacent to an activating group) is 1.